The molecule has 0 bridgehead atoms. The summed E-state index contributed by atoms with van der Waals surface area (Å²) in [6.45, 7) is 0. The average Bonchev–Trinajstić information content (AvgIpc) is 3.04. The van der Waals surface area contributed by atoms with E-state index in [1.165, 1.54) is 30.3 Å². The van der Waals surface area contributed by atoms with E-state index in [0.29, 0.717) is 39.7 Å². The van der Waals surface area contributed by atoms with E-state index in [4.69, 9.17) is 9.47 Å². The molecule has 5 aromatic carbocycles. The second-order valence-corrected chi connectivity index (χ2v) is 10.9. The van der Waals surface area contributed by atoms with E-state index in [9.17, 15) is 35.4 Å². The topological polar surface area (TPSA) is 171 Å². The van der Waals surface area contributed by atoms with Crippen molar-refractivity contribution < 1.29 is 23.8 Å². The summed E-state index contributed by atoms with van der Waals surface area (Å²) < 4.78 is 24.6. The Hall–Kier alpha value is -6.19. The first-order valence-corrected chi connectivity index (χ1v) is 14.5. The van der Waals surface area contributed by atoms with Crippen molar-refractivity contribution in [1.82, 2.24) is 0 Å². The summed E-state index contributed by atoms with van der Waals surface area (Å²) in [7, 11) is -4.75. The summed E-state index contributed by atoms with van der Waals surface area (Å²) in [4.78, 5) is 20.6. The van der Waals surface area contributed by atoms with E-state index in [-0.39, 0.29) is 33.1 Å². The van der Waals surface area contributed by atoms with Crippen LogP contribution < -0.4 is 14.8 Å². The number of hydrogen-bond acceptors (Lipinski definition) is 7. The minimum Gasteiger partial charge on any atom is -0.457 e. The van der Waals surface area contributed by atoms with Crippen molar-refractivity contribution in [2.24, 2.45) is 0 Å². The smallest absolute Gasteiger partial charge is 0.356 e. The molecule has 2 N–H and O–H groups in total. The van der Waals surface area contributed by atoms with E-state index in [2.05, 4.69) is 0 Å². The van der Waals surface area contributed by atoms with Gasteiger partial charge in [-0.25, -0.2) is 0 Å². The van der Waals surface area contributed by atoms with Crippen molar-refractivity contribution in [3.63, 3.8) is 0 Å². The van der Waals surface area contributed by atoms with Gasteiger partial charge in [-0.2, -0.15) is 21.0 Å². The first kappa shape index (κ1) is 29.3. The zero-order chi connectivity index (χ0) is 31.3. The van der Waals surface area contributed by atoms with E-state index in [1.807, 2.05) is 24.3 Å². The minimum absolute atomic E-state index is 0.155. The predicted molar refractivity (Wildman–Crippen MR) is 161 cm³/mol. The molecule has 44 heavy (non-hydrogen) atoms. The lowest BCUT2D eigenvalue weighted by molar-refractivity contribution is 0.387. The normalized spacial score (nSPS) is 10.5. The molecule has 0 amide bonds. The van der Waals surface area contributed by atoms with Crippen molar-refractivity contribution in [2.75, 3.05) is 0 Å². The van der Waals surface area contributed by atoms with Crippen LogP contribution in [0.5, 0.6) is 23.0 Å². The Morgan fingerprint density at radius 1 is 0.523 bits per heavy atom. The number of hydrogen-bond donors (Lipinski definition) is 2. The van der Waals surface area contributed by atoms with Crippen molar-refractivity contribution in [3.05, 3.63) is 125 Å². The monoisotopic (exact) mass is 594 g/mol. The molecule has 0 unspecified atom stereocenters. The van der Waals surface area contributed by atoms with Crippen LogP contribution in [0.25, 0.3) is 22.3 Å². The van der Waals surface area contributed by atoms with Gasteiger partial charge < -0.3 is 19.3 Å². The van der Waals surface area contributed by atoms with Crippen LogP contribution in [0.15, 0.2) is 103 Å². The highest BCUT2D eigenvalue weighted by Gasteiger charge is 2.25. The molecule has 0 aliphatic heterocycles. The maximum absolute atomic E-state index is 12.7. The zero-order valence-electron chi connectivity index (χ0n) is 22.7. The molecule has 210 valence electrons. The van der Waals surface area contributed by atoms with Gasteiger partial charge in [-0.1, -0.05) is 36.4 Å². The first-order valence-electron chi connectivity index (χ1n) is 12.9. The highest BCUT2D eigenvalue weighted by atomic mass is 31.2. The van der Waals surface area contributed by atoms with Crippen molar-refractivity contribution in [1.29, 1.82) is 21.0 Å². The Morgan fingerprint density at radius 3 is 1.48 bits per heavy atom. The average molecular weight is 595 g/mol. The summed E-state index contributed by atoms with van der Waals surface area (Å²) >= 11 is 0. The van der Waals surface area contributed by atoms with Gasteiger partial charge >= 0.3 is 7.60 Å². The van der Waals surface area contributed by atoms with Gasteiger partial charge in [-0.15, -0.1) is 0 Å². The van der Waals surface area contributed by atoms with E-state index < -0.39 is 7.60 Å². The van der Waals surface area contributed by atoms with Crippen LogP contribution in [-0.4, -0.2) is 9.79 Å². The lowest BCUT2D eigenvalue weighted by Crippen LogP contribution is -2.09. The maximum atomic E-state index is 12.7. The highest BCUT2D eigenvalue weighted by molar-refractivity contribution is 7.60. The fourth-order valence-corrected chi connectivity index (χ4v) is 5.42. The summed E-state index contributed by atoms with van der Waals surface area (Å²) in [5, 5.41) is 36.9. The van der Waals surface area contributed by atoms with Gasteiger partial charge in [0.1, 0.15) is 47.3 Å². The first-order chi connectivity index (χ1) is 21.2. The zero-order valence-corrected chi connectivity index (χ0v) is 23.6. The third-order valence-electron chi connectivity index (χ3n) is 6.56. The van der Waals surface area contributed by atoms with Gasteiger partial charge in [0.05, 0.1) is 27.6 Å². The molecule has 0 heterocycles. The molecule has 0 atom stereocenters. The lowest BCUT2D eigenvalue weighted by Gasteiger charge is -2.18. The van der Waals surface area contributed by atoms with Crippen LogP contribution in [0.4, 0.5) is 0 Å². The molecular weight excluding hydrogens is 575 g/mol. The molecule has 10 heteroatoms. The molecule has 5 rings (SSSR count). The van der Waals surface area contributed by atoms with Crippen LogP contribution in [0.1, 0.15) is 22.3 Å². The number of nitriles is 4. The fraction of sp³-hybridized carbons (Fsp3) is 0. The Morgan fingerprint density at radius 2 is 0.977 bits per heavy atom. The van der Waals surface area contributed by atoms with Gasteiger partial charge in [-0.05, 0) is 83.4 Å². The third kappa shape index (κ3) is 6.18. The fourth-order valence-electron chi connectivity index (χ4n) is 4.59. The largest absolute Gasteiger partial charge is 0.457 e. The molecule has 5 aromatic rings. The van der Waals surface area contributed by atoms with Crippen LogP contribution in [0, 0.1) is 45.3 Å². The number of ether oxygens (including phenoxy) is 2. The molecule has 0 aliphatic carbocycles. The highest BCUT2D eigenvalue weighted by Crippen LogP contribution is 2.43. The van der Waals surface area contributed by atoms with Gasteiger partial charge in [-0.3, -0.25) is 4.57 Å². The third-order valence-corrected chi connectivity index (χ3v) is 7.56. The number of nitrogens with zero attached hydrogens (tertiary/aromatic N) is 4. The van der Waals surface area contributed by atoms with Crippen molar-refractivity contribution >= 4 is 12.9 Å². The summed E-state index contributed by atoms with van der Waals surface area (Å²) in [5.41, 5.74) is 2.61. The molecule has 9 nitrogen and oxygen atoms in total. The molecule has 0 fully saturated rings. The predicted octanol–water partition coefficient (Wildman–Crippen LogP) is 6.89. The molecule has 0 aliphatic rings. The van der Waals surface area contributed by atoms with Gasteiger partial charge in [0, 0.05) is 5.56 Å². The summed E-state index contributed by atoms with van der Waals surface area (Å²) in [6.07, 6.45) is 0. The lowest BCUT2D eigenvalue weighted by atomic mass is 9.94. The van der Waals surface area contributed by atoms with Crippen LogP contribution in [0.2, 0.25) is 0 Å². The molecule has 0 saturated carbocycles. The van der Waals surface area contributed by atoms with Crippen LogP contribution in [0.3, 0.4) is 0 Å². The standard InChI is InChI=1S/C34H19N4O5P/c35-18-24-10-12-30(16-26(24)20-37)42-28-6-1-4-22(14-28)32-8-3-9-33(44(39,40)41)34(32)23-5-2-7-29(15-23)43-31-13-11-25(19-36)27(17-31)21-38/h1-17H,(H2,39,40,41). The Labute approximate surface area is 252 Å². The Bertz CT molecular complexity index is 2150. The summed E-state index contributed by atoms with van der Waals surface area (Å²) in [5.74, 6) is 1.39. The van der Waals surface area contributed by atoms with Gasteiger partial charge in [0.25, 0.3) is 0 Å². The minimum atomic E-state index is -4.75. The summed E-state index contributed by atoms with van der Waals surface area (Å²) in [6, 6.07) is 35.1. The van der Waals surface area contributed by atoms with Gasteiger partial charge in [0.2, 0.25) is 0 Å². The molecular formula is C34H19N4O5P. The number of rotatable bonds is 7. The van der Waals surface area contributed by atoms with Crippen LogP contribution in [-0.2, 0) is 4.57 Å². The number of benzene rings is 5. The molecule has 0 aromatic heterocycles. The maximum Gasteiger partial charge on any atom is 0.356 e. The van der Waals surface area contributed by atoms with Crippen molar-refractivity contribution in [2.45, 2.75) is 0 Å². The second-order valence-electron chi connectivity index (χ2n) is 9.37. The quantitative estimate of drug-likeness (QED) is 0.190. The molecule has 0 saturated heterocycles. The molecule has 0 radical (unpaired) electrons. The molecule has 0 spiro atoms. The van der Waals surface area contributed by atoms with Gasteiger partial charge in [0.15, 0.2) is 0 Å². The van der Waals surface area contributed by atoms with E-state index >= 15 is 0 Å². The van der Waals surface area contributed by atoms with E-state index in [0.717, 1.165) is 0 Å². The SMILES string of the molecule is N#Cc1ccc(Oc2cccc(-c3cccc(P(=O)(O)O)c3-c3cccc(Oc4ccc(C#N)c(C#N)c4)c3)c2)cc1C#N. The van der Waals surface area contributed by atoms with E-state index in [1.54, 1.807) is 72.8 Å². The Kier molecular flexibility index (Phi) is 8.23. The Balaban J connectivity index is 1.57. The van der Waals surface area contributed by atoms with Crippen molar-refractivity contribution in [3.8, 4) is 69.5 Å². The second kappa shape index (κ2) is 12.4. The van der Waals surface area contributed by atoms with Crippen LogP contribution >= 0.6 is 7.60 Å².